The molecular weight excluding hydrogens is 378 g/mol. The van der Waals surface area contributed by atoms with Crippen molar-refractivity contribution in [3.63, 3.8) is 0 Å². The van der Waals surface area contributed by atoms with E-state index in [1.807, 2.05) is 42.7 Å². The van der Waals surface area contributed by atoms with Crippen LogP contribution in [0.1, 0.15) is 44.3 Å². The largest absolute Gasteiger partial charge is 0.497 e. The van der Waals surface area contributed by atoms with Crippen LogP contribution in [0.25, 0.3) is 27.9 Å². The number of aromatic nitrogens is 4. The molecule has 7 heteroatoms. The lowest BCUT2D eigenvalue weighted by atomic mass is 9.85. The molecule has 2 N–H and O–H groups in total. The van der Waals surface area contributed by atoms with Crippen LogP contribution in [-0.4, -0.2) is 38.4 Å². The van der Waals surface area contributed by atoms with Crippen molar-refractivity contribution in [1.29, 1.82) is 0 Å². The fraction of sp³-hybridized carbons (Fsp3) is 0.348. The number of carbonyl (C=O) groups excluding carboxylic acids is 1. The highest BCUT2D eigenvalue weighted by molar-refractivity contribution is 5.84. The predicted octanol–water partition coefficient (Wildman–Crippen LogP) is 4.05. The van der Waals surface area contributed by atoms with Gasteiger partial charge in [0, 0.05) is 30.6 Å². The van der Waals surface area contributed by atoms with Gasteiger partial charge in [-0.3, -0.25) is 9.20 Å². The maximum atomic E-state index is 11.6. The molecule has 3 aromatic heterocycles. The highest BCUT2D eigenvalue weighted by atomic mass is 16.5. The average Bonchev–Trinajstić information content (AvgIpc) is 3.38. The van der Waals surface area contributed by atoms with E-state index in [1.54, 1.807) is 14.0 Å². The molecule has 0 saturated heterocycles. The van der Waals surface area contributed by atoms with Crippen LogP contribution in [0, 0.1) is 0 Å². The second-order valence-electron chi connectivity index (χ2n) is 8.00. The molecule has 1 fully saturated rings. The Morgan fingerprint density at radius 3 is 2.80 bits per heavy atom. The number of imidazole rings is 1. The highest BCUT2D eigenvalue weighted by Crippen LogP contribution is 2.37. The van der Waals surface area contributed by atoms with E-state index in [-0.39, 0.29) is 17.9 Å². The van der Waals surface area contributed by atoms with E-state index >= 15 is 0 Å². The van der Waals surface area contributed by atoms with Gasteiger partial charge in [-0.2, -0.15) is 0 Å². The van der Waals surface area contributed by atoms with E-state index in [4.69, 9.17) is 9.72 Å². The number of H-pyrrole nitrogens is 1. The lowest BCUT2D eigenvalue weighted by molar-refractivity contribution is -0.119. The van der Waals surface area contributed by atoms with Crippen LogP contribution in [-0.2, 0) is 4.79 Å². The van der Waals surface area contributed by atoms with Gasteiger partial charge in [0.15, 0.2) is 5.65 Å². The fourth-order valence-electron chi connectivity index (χ4n) is 4.66. The van der Waals surface area contributed by atoms with Crippen LogP contribution < -0.4 is 10.1 Å². The molecule has 1 aliphatic carbocycles. The number of fused-ring (bicyclic) bond motifs is 3. The van der Waals surface area contributed by atoms with Gasteiger partial charge in [0.25, 0.3) is 0 Å². The van der Waals surface area contributed by atoms with Crippen molar-refractivity contribution in [2.24, 2.45) is 0 Å². The Bertz CT molecular complexity index is 1210. The SMILES string of the molecule is COc1ccc(-c2nc([C@@H]3CCC[C@H](NC(C)=O)C3)n3c2cnc2[nH]ccc23)cc1. The molecule has 7 nitrogen and oxygen atoms in total. The van der Waals surface area contributed by atoms with Crippen LogP contribution in [0.2, 0.25) is 0 Å². The summed E-state index contributed by atoms with van der Waals surface area (Å²) in [5.41, 5.74) is 4.81. The Hall–Kier alpha value is -3.35. The Morgan fingerprint density at radius 2 is 2.03 bits per heavy atom. The number of benzene rings is 1. The van der Waals surface area contributed by atoms with E-state index in [0.717, 1.165) is 65.2 Å². The van der Waals surface area contributed by atoms with Gasteiger partial charge in [0.1, 0.15) is 11.6 Å². The molecule has 4 aromatic rings. The number of carbonyl (C=O) groups is 1. The van der Waals surface area contributed by atoms with Gasteiger partial charge in [0.05, 0.1) is 30.0 Å². The minimum atomic E-state index is 0.0322. The first-order valence-electron chi connectivity index (χ1n) is 10.4. The van der Waals surface area contributed by atoms with E-state index in [1.165, 1.54) is 0 Å². The van der Waals surface area contributed by atoms with Gasteiger partial charge in [-0.15, -0.1) is 0 Å². The molecule has 1 aromatic carbocycles. The summed E-state index contributed by atoms with van der Waals surface area (Å²) in [7, 11) is 1.67. The quantitative estimate of drug-likeness (QED) is 0.538. The monoisotopic (exact) mass is 403 g/mol. The van der Waals surface area contributed by atoms with Gasteiger partial charge in [-0.1, -0.05) is 6.42 Å². The second kappa shape index (κ2) is 7.48. The number of hydrogen-bond donors (Lipinski definition) is 2. The summed E-state index contributed by atoms with van der Waals surface area (Å²) in [6.45, 7) is 1.59. The van der Waals surface area contributed by atoms with E-state index < -0.39 is 0 Å². The fourth-order valence-corrected chi connectivity index (χ4v) is 4.66. The molecule has 0 spiro atoms. The molecular formula is C23H25N5O2. The number of methoxy groups -OCH3 is 1. The maximum absolute atomic E-state index is 11.6. The van der Waals surface area contributed by atoms with Crippen molar-refractivity contribution in [3.8, 4) is 17.0 Å². The standard InChI is InChI=1S/C23H25N5O2/c1-14(29)26-17-5-3-4-16(12-17)23-27-21(15-6-8-18(30-2)9-7-15)20-13-25-22-19(28(20)23)10-11-24-22/h6-11,13,16-17,24H,3-5,12H2,1-2H3,(H,26,29)/t16-,17+/m1/s1. The zero-order valence-corrected chi connectivity index (χ0v) is 17.2. The first-order valence-corrected chi connectivity index (χ1v) is 10.4. The smallest absolute Gasteiger partial charge is 0.217 e. The maximum Gasteiger partial charge on any atom is 0.217 e. The van der Waals surface area contributed by atoms with Crippen molar-refractivity contribution >= 4 is 22.6 Å². The molecule has 2 atom stereocenters. The summed E-state index contributed by atoms with van der Waals surface area (Å²) in [5.74, 6) is 2.16. The molecule has 0 aliphatic heterocycles. The number of nitrogens with zero attached hydrogens (tertiary/aromatic N) is 3. The Kier molecular flexibility index (Phi) is 4.65. The molecule has 1 aliphatic rings. The molecule has 30 heavy (non-hydrogen) atoms. The van der Waals surface area contributed by atoms with Crippen molar-refractivity contribution in [2.45, 2.75) is 44.6 Å². The van der Waals surface area contributed by atoms with Gasteiger partial charge in [0.2, 0.25) is 5.91 Å². The average molecular weight is 403 g/mol. The van der Waals surface area contributed by atoms with Crippen molar-refractivity contribution in [3.05, 3.63) is 48.5 Å². The number of nitrogens with one attached hydrogen (secondary N) is 2. The third-order valence-corrected chi connectivity index (χ3v) is 6.01. The van der Waals surface area contributed by atoms with Crippen molar-refractivity contribution < 1.29 is 9.53 Å². The zero-order chi connectivity index (χ0) is 20.7. The first-order chi connectivity index (χ1) is 14.6. The van der Waals surface area contributed by atoms with Crippen molar-refractivity contribution in [1.82, 2.24) is 24.7 Å². The van der Waals surface area contributed by atoms with Crippen LogP contribution in [0.15, 0.2) is 42.7 Å². The number of hydrogen-bond acceptors (Lipinski definition) is 4. The Balaban J connectivity index is 1.65. The number of aromatic amines is 1. The second-order valence-corrected chi connectivity index (χ2v) is 8.00. The summed E-state index contributed by atoms with van der Waals surface area (Å²) < 4.78 is 7.54. The van der Waals surface area contributed by atoms with Crippen LogP contribution >= 0.6 is 0 Å². The Labute approximate surface area is 174 Å². The predicted molar refractivity (Wildman–Crippen MR) is 116 cm³/mol. The molecule has 0 bridgehead atoms. The third-order valence-electron chi connectivity index (χ3n) is 6.01. The van der Waals surface area contributed by atoms with Crippen LogP contribution in [0.3, 0.4) is 0 Å². The van der Waals surface area contributed by atoms with E-state index in [0.29, 0.717) is 0 Å². The van der Waals surface area contributed by atoms with E-state index in [2.05, 4.69) is 19.7 Å². The summed E-state index contributed by atoms with van der Waals surface area (Å²) in [5, 5.41) is 3.10. The summed E-state index contributed by atoms with van der Waals surface area (Å²) in [4.78, 5) is 24.5. The molecule has 1 amide bonds. The zero-order valence-electron chi connectivity index (χ0n) is 17.2. The molecule has 0 unspecified atom stereocenters. The Morgan fingerprint density at radius 1 is 1.20 bits per heavy atom. The summed E-state index contributed by atoms with van der Waals surface area (Å²) >= 11 is 0. The molecule has 154 valence electrons. The van der Waals surface area contributed by atoms with Gasteiger partial charge < -0.3 is 15.0 Å². The number of rotatable bonds is 4. The molecule has 5 rings (SSSR count). The molecule has 1 saturated carbocycles. The first kappa shape index (κ1) is 18.7. The minimum absolute atomic E-state index is 0.0322. The summed E-state index contributed by atoms with van der Waals surface area (Å²) in [6.07, 6.45) is 7.86. The molecule has 0 radical (unpaired) electrons. The lowest BCUT2D eigenvalue weighted by Gasteiger charge is -2.28. The lowest BCUT2D eigenvalue weighted by Crippen LogP contribution is -2.36. The number of ether oxygens (including phenoxy) is 1. The topological polar surface area (TPSA) is 84.3 Å². The van der Waals surface area contributed by atoms with Gasteiger partial charge in [-0.25, -0.2) is 9.97 Å². The van der Waals surface area contributed by atoms with E-state index in [9.17, 15) is 4.79 Å². The summed E-state index contributed by atoms with van der Waals surface area (Å²) in [6, 6.07) is 10.2. The van der Waals surface area contributed by atoms with Crippen LogP contribution in [0.5, 0.6) is 5.75 Å². The van der Waals surface area contributed by atoms with Gasteiger partial charge in [-0.05, 0) is 49.6 Å². The third kappa shape index (κ3) is 3.20. The highest BCUT2D eigenvalue weighted by Gasteiger charge is 2.29. The van der Waals surface area contributed by atoms with Gasteiger partial charge >= 0.3 is 0 Å². The number of amides is 1. The van der Waals surface area contributed by atoms with Crippen LogP contribution in [0.4, 0.5) is 0 Å². The normalized spacial score (nSPS) is 19.3. The molecule has 3 heterocycles. The van der Waals surface area contributed by atoms with Crippen molar-refractivity contribution in [2.75, 3.05) is 7.11 Å². The minimum Gasteiger partial charge on any atom is -0.497 e.